The van der Waals surface area contributed by atoms with Crippen LogP contribution in [0.25, 0.3) is 11.3 Å². The van der Waals surface area contributed by atoms with Crippen molar-refractivity contribution in [2.75, 3.05) is 5.73 Å². The van der Waals surface area contributed by atoms with Gasteiger partial charge in [-0.2, -0.15) is 5.10 Å². The number of aryl methyl sites for hydroxylation is 2. The second kappa shape index (κ2) is 4.41. The number of anilines is 1. The van der Waals surface area contributed by atoms with E-state index >= 15 is 0 Å². The van der Waals surface area contributed by atoms with Crippen LogP contribution < -0.4 is 5.73 Å². The quantitative estimate of drug-likeness (QED) is 0.888. The van der Waals surface area contributed by atoms with Crippen LogP contribution in [-0.2, 0) is 13.5 Å². The lowest BCUT2D eigenvalue weighted by atomic mass is 10.0. The van der Waals surface area contributed by atoms with E-state index < -0.39 is 0 Å². The first-order valence-electron chi connectivity index (χ1n) is 5.62. The number of aromatic nitrogens is 2. The fourth-order valence-electron chi connectivity index (χ4n) is 1.90. The Bertz CT molecular complexity index is 558. The summed E-state index contributed by atoms with van der Waals surface area (Å²) in [5.41, 5.74) is 10.1. The molecule has 0 unspecified atom stereocenters. The molecule has 0 bridgehead atoms. The van der Waals surface area contributed by atoms with Gasteiger partial charge in [-0.25, -0.2) is 0 Å². The van der Waals surface area contributed by atoms with Crippen LogP contribution in [0.3, 0.4) is 0 Å². The Hall–Kier alpha value is -1.48. The summed E-state index contributed by atoms with van der Waals surface area (Å²) < 4.78 is 1.71. The van der Waals surface area contributed by atoms with Crippen LogP contribution in [-0.4, -0.2) is 9.78 Å². The summed E-state index contributed by atoms with van der Waals surface area (Å²) in [6, 6.07) is 5.97. The first-order valence-corrected chi connectivity index (χ1v) is 6.00. The lowest BCUT2D eigenvalue weighted by Crippen LogP contribution is -1.98. The average Bonchev–Trinajstić information content (AvgIpc) is 2.59. The molecular formula is C13H16ClN3. The molecule has 0 radical (unpaired) electrons. The minimum Gasteiger partial charge on any atom is -0.384 e. The molecule has 0 saturated heterocycles. The zero-order chi connectivity index (χ0) is 12.6. The molecule has 0 aliphatic rings. The zero-order valence-electron chi connectivity index (χ0n) is 10.3. The van der Waals surface area contributed by atoms with E-state index in [1.54, 1.807) is 4.68 Å². The molecule has 3 nitrogen and oxygen atoms in total. The van der Waals surface area contributed by atoms with Gasteiger partial charge in [-0.05, 0) is 25.0 Å². The topological polar surface area (TPSA) is 43.8 Å². The van der Waals surface area contributed by atoms with Gasteiger partial charge in [0.15, 0.2) is 0 Å². The fraction of sp³-hybridized carbons (Fsp3) is 0.308. The minimum absolute atomic E-state index is 0.721. The van der Waals surface area contributed by atoms with Crippen molar-refractivity contribution in [2.24, 2.45) is 7.05 Å². The molecule has 0 amide bonds. The van der Waals surface area contributed by atoms with Crippen LogP contribution >= 0.6 is 11.6 Å². The number of rotatable bonds is 2. The van der Waals surface area contributed by atoms with Gasteiger partial charge < -0.3 is 5.73 Å². The molecule has 0 atom stereocenters. The van der Waals surface area contributed by atoms with Crippen molar-refractivity contribution in [1.29, 1.82) is 0 Å². The molecule has 17 heavy (non-hydrogen) atoms. The summed E-state index contributed by atoms with van der Waals surface area (Å²) >= 11 is 6.14. The van der Waals surface area contributed by atoms with E-state index in [4.69, 9.17) is 17.3 Å². The smallest absolute Gasteiger partial charge is 0.125 e. The molecule has 0 spiro atoms. The molecule has 1 aromatic carbocycles. The highest BCUT2D eigenvalue weighted by Gasteiger charge is 2.14. The predicted molar refractivity (Wildman–Crippen MR) is 72.2 cm³/mol. The van der Waals surface area contributed by atoms with E-state index in [0.717, 1.165) is 39.6 Å². The maximum Gasteiger partial charge on any atom is 0.125 e. The van der Waals surface area contributed by atoms with Crippen molar-refractivity contribution in [3.05, 3.63) is 34.3 Å². The molecule has 90 valence electrons. The molecule has 4 heteroatoms. The monoisotopic (exact) mass is 249 g/mol. The van der Waals surface area contributed by atoms with Crippen LogP contribution in [0.2, 0.25) is 5.02 Å². The van der Waals surface area contributed by atoms with Crippen molar-refractivity contribution >= 4 is 17.4 Å². The van der Waals surface area contributed by atoms with Gasteiger partial charge in [0.2, 0.25) is 0 Å². The highest BCUT2D eigenvalue weighted by molar-refractivity contribution is 6.31. The van der Waals surface area contributed by atoms with Crippen LogP contribution in [0.4, 0.5) is 5.82 Å². The Balaban J connectivity index is 2.60. The van der Waals surface area contributed by atoms with Crippen LogP contribution in [0.15, 0.2) is 18.2 Å². The van der Waals surface area contributed by atoms with Crippen LogP contribution in [0, 0.1) is 6.92 Å². The number of halogens is 1. The molecule has 0 saturated carbocycles. The third-order valence-corrected chi connectivity index (χ3v) is 3.40. The average molecular weight is 250 g/mol. The summed E-state index contributed by atoms with van der Waals surface area (Å²) in [6.07, 6.45) is 0.862. The molecule has 0 aliphatic carbocycles. The maximum absolute atomic E-state index is 6.14. The Morgan fingerprint density at radius 3 is 2.71 bits per heavy atom. The molecule has 2 aromatic rings. The van der Waals surface area contributed by atoms with Crippen LogP contribution in [0.5, 0.6) is 0 Å². The molecule has 0 aliphatic heterocycles. The van der Waals surface area contributed by atoms with Gasteiger partial charge in [-0.15, -0.1) is 0 Å². The Labute approximate surface area is 106 Å². The highest BCUT2D eigenvalue weighted by Crippen LogP contribution is 2.29. The second-order valence-corrected chi connectivity index (χ2v) is 4.56. The van der Waals surface area contributed by atoms with Gasteiger partial charge in [0.05, 0.1) is 5.69 Å². The number of nitrogen functional groups attached to an aromatic ring is 1. The van der Waals surface area contributed by atoms with E-state index in [1.165, 1.54) is 0 Å². The van der Waals surface area contributed by atoms with E-state index in [1.807, 2.05) is 32.2 Å². The van der Waals surface area contributed by atoms with Crippen molar-refractivity contribution in [3.63, 3.8) is 0 Å². The van der Waals surface area contributed by atoms with Gasteiger partial charge in [-0.3, -0.25) is 4.68 Å². The molecule has 0 fully saturated rings. The summed E-state index contributed by atoms with van der Waals surface area (Å²) in [5.74, 6) is 0.721. The van der Waals surface area contributed by atoms with Gasteiger partial charge in [0.1, 0.15) is 5.82 Å². The summed E-state index contributed by atoms with van der Waals surface area (Å²) in [4.78, 5) is 0. The number of nitrogens with zero attached hydrogens (tertiary/aromatic N) is 2. The third kappa shape index (κ3) is 2.03. The first-order chi connectivity index (χ1) is 8.04. The normalized spacial score (nSPS) is 10.8. The highest BCUT2D eigenvalue weighted by atomic mass is 35.5. The molecular weight excluding hydrogens is 234 g/mol. The van der Waals surface area contributed by atoms with Crippen LogP contribution in [0.1, 0.15) is 18.1 Å². The largest absolute Gasteiger partial charge is 0.384 e. The zero-order valence-corrected chi connectivity index (χ0v) is 11.0. The molecule has 2 rings (SSSR count). The summed E-state index contributed by atoms with van der Waals surface area (Å²) in [6.45, 7) is 4.06. The summed E-state index contributed by atoms with van der Waals surface area (Å²) in [7, 11) is 1.85. The Morgan fingerprint density at radius 1 is 1.41 bits per heavy atom. The molecule has 1 heterocycles. The second-order valence-electron chi connectivity index (χ2n) is 4.15. The third-order valence-electron chi connectivity index (χ3n) is 2.99. The van der Waals surface area contributed by atoms with E-state index in [0.29, 0.717) is 0 Å². The van der Waals surface area contributed by atoms with E-state index in [9.17, 15) is 0 Å². The summed E-state index contributed by atoms with van der Waals surface area (Å²) in [5, 5.41) is 5.21. The number of benzene rings is 1. The van der Waals surface area contributed by atoms with Crippen molar-refractivity contribution < 1.29 is 0 Å². The lowest BCUT2D eigenvalue weighted by molar-refractivity contribution is 0.781. The fourth-order valence-corrected chi connectivity index (χ4v) is 2.08. The minimum atomic E-state index is 0.721. The first kappa shape index (κ1) is 12.0. The Morgan fingerprint density at radius 2 is 2.12 bits per heavy atom. The molecule has 2 N–H and O–H groups in total. The van der Waals surface area contributed by atoms with Gasteiger partial charge in [0.25, 0.3) is 0 Å². The lowest BCUT2D eigenvalue weighted by Gasteiger charge is -2.03. The SMILES string of the molecule is CCc1c(-c2ccc(C)c(Cl)c2)nn(C)c1N. The maximum atomic E-state index is 6.14. The van der Waals surface area contributed by atoms with E-state index in [-0.39, 0.29) is 0 Å². The predicted octanol–water partition coefficient (Wildman–Crippen LogP) is 3.19. The van der Waals surface area contributed by atoms with Crippen molar-refractivity contribution in [1.82, 2.24) is 9.78 Å². The van der Waals surface area contributed by atoms with Gasteiger partial charge in [0, 0.05) is 23.2 Å². The molecule has 1 aromatic heterocycles. The number of hydrogen-bond donors (Lipinski definition) is 1. The van der Waals surface area contributed by atoms with Gasteiger partial charge >= 0.3 is 0 Å². The number of hydrogen-bond acceptors (Lipinski definition) is 2. The Kier molecular flexibility index (Phi) is 3.11. The van der Waals surface area contributed by atoms with E-state index in [2.05, 4.69) is 12.0 Å². The standard InChI is InChI=1S/C13H16ClN3/c1-4-10-12(16-17(3)13(10)15)9-6-5-8(2)11(14)7-9/h5-7H,4,15H2,1-3H3. The van der Waals surface area contributed by atoms with Crippen molar-refractivity contribution in [2.45, 2.75) is 20.3 Å². The van der Waals surface area contributed by atoms with Gasteiger partial charge in [-0.1, -0.05) is 30.7 Å². The van der Waals surface area contributed by atoms with Crippen molar-refractivity contribution in [3.8, 4) is 11.3 Å². The number of nitrogens with two attached hydrogens (primary N) is 1.